The Kier molecular flexibility index (Phi) is 7.56. The van der Waals surface area contributed by atoms with Crippen molar-refractivity contribution in [3.63, 3.8) is 0 Å². The highest BCUT2D eigenvalue weighted by molar-refractivity contribution is 7.70. The first kappa shape index (κ1) is 26.0. The molecular weight excluding hydrogens is 525 g/mol. The quantitative estimate of drug-likeness (QED) is 0.256. The normalized spacial score (nSPS) is 13.8. The van der Waals surface area contributed by atoms with E-state index in [1.54, 1.807) is 26.6 Å². The standard InChI is InChI=1S/C26H29ClN7O3P/c1-36-23-13-22(34-8-10-37-11-9-34)18(17-14-29-30-15-17)12-21(23)32-26-28-16-19(27)25(33-26)31-20-6-4-5-7-24(20)38(2,3)35/h4-7,12-16H,8-11H2,1-3H3,(H,29,30)(H2,28,31,32,33). The molecule has 4 aromatic rings. The number of methoxy groups -OCH3 is 1. The number of anilines is 5. The Bertz CT molecular complexity index is 1470. The van der Waals surface area contributed by atoms with E-state index in [1.165, 1.54) is 6.20 Å². The van der Waals surface area contributed by atoms with Gasteiger partial charge in [0.25, 0.3) is 0 Å². The van der Waals surface area contributed by atoms with Gasteiger partial charge in [-0.2, -0.15) is 10.1 Å². The van der Waals surface area contributed by atoms with Crippen molar-refractivity contribution in [2.45, 2.75) is 0 Å². The number of benzene rings is 2. The van der Waals surface area contributed by atoms with Gasteiger partial charge >= 0.3 is 0 Å². The van der Waals surface area contributed by atoms with Crippen LogP contribution < -0.4 is 25.6 Å². The zero-order chi connectivity index (χ0) is 26.7. The second-order valence-corrected chi connectivity index (χ2v) is 12.8. The zero-order valence-electron chi connectivity index (χ0n) is 21.4. The van der Waals surface area contributed by atoms with Gasteiger partial charge in [0.05, 0.1) is 44.1 Å². The Morgan fingerprint density at radius 3 is 2.61 bits per heavy atom. The maximum atomic E-state index is 12.8. The summed E-state index contributed by atoms with van der Waals surface area (Å²) in [6.45, 7) is 6.34. The van der Waals surface area contributed by atoms with E-state index in [2.05, 4.69) is 35.7 Å². The molecule has 10 nitrogen and oxygen atoms in total. The first-order valence-electron chi connectivity index (χ1n) is 12.1. The average Bonchev–Trinajstić information content (AvgIpc) is 3.45. The molecule has 0 unspecified atom stereocenters. The molecule has 198 valence electrons. The molecule has 3 N–H and O–H groups in total. The van der Waals surface area contributed by atoms with Crippen LogP contribution in [0.1, 0.15) is 0 Å². The molecule has 1 aliphatic rings. The van der Waals surface area contributed by atoms with Crippen LogP contribution in [0.2, 0.25) is 5.02 Å². The van der Waals surface area contributed by atoms with Gasteiger partial charge in [0.1, 0.15) is 17.9 Å². The summed E-state index contributed by atoms with van der Waals surface area (Å²) in [4.78, 5) is 11.3. The first-order chi connectivity index (χ1) is 18.3. The molecule has 0 atom stereocenters. The maximum absolute atomic E-state index is 12.8. The Balaban J connectivity index is 1.50. The number of rotatable bonds is 8. The van der Waals surface area contributed by atoms with Crippen molar-refractivity contribution in [3.05, 3.63) is 60.0 Å². The van der Waals surface area contributed by atoms with Crippen LogP contribution >= 0.6 is 18.7 Å². The lowest BCUT2D eigenvalue weighted by molar-refractivity contribution is 0.122. The maximum Gasteiger partial charge on any atom is 0.229 e. The molecule has 0 aliphatic carbocycles. The Labute approximate surface area is 226 Å². The largest absolute Gasteiger partial charge is 0.494 e. The van der Waals surface area contributed by atoms with Crippen LogP contribution in [0.4, 0.5) is 28.8 Å². The monoisotopic (exact) mass is 553 g/mol. The number of morpholine rings is 1. The molecule has 38 heavy (non-hydrogen) atoms. The van der Waals surface area contributed by atoms with Gasteiger partial charge in [0.15, 0.2) is 5.82 Å². The highest BCUT2D eigenvalue weighted by atomic mass is 35.5. The number of ether oxygens (including phenoxy) is 2. The molecule has 0 bridgehead atoms. The second-order valence-electron chi connectivity index (χ2n) is 9.16. The molecule has 1 aliphatic heterocycles. The predicted octanol–water partition coefficient (Wildman–Crippen LogP) is 5.10. The fraction of sp³-hybridized carbons (Fsp3) is 0.269. The summed E-state index contributed by atoms with van der Waals surface area (Å²) in [7, 11) is -0.905. The third kappa shape index (κ3) is 5.62. The highest BCUT2D eigenvalue weighted by Crippen LogP contribution is 2.41. The topological polar surface area (TPSA) is 117 Å². The predicted molar refractivity (Wildman–Crippen MR) is 153 cm³/mol. The second kappa shape index (κ2) is 11.0. The number of hydrogen-bond donors (Lipinski definition) is 3. The van der Waals surface area contributed by atoms with Crippen molar-refractivity contribution in [1.82, 2.24) is 20.2 Å². The van der Waals surface area contributed by atoms with Gasteiger partial charge in [0.2, 0.25) is 5.95 Å². The van der Waals surface area contributed by atoms with Gasteiger partial charge in [0, 0.05) is 47.5 Å². The number of H-pyrrole nitrogens is 1. The van der Waals surface area contributed by atoms with E-state index in [0.717, 1.165) is 29.9 Å². The smallest absolute Gasteiger partial charge is 0.229 e. The summed E-state index contributed by atoms with van der Waals surface area (Å²) in [5.74, 6) is 1.35. The third-order valence-corrected chi connectivity index (χ3v) is 8.03. The molecular formula is C26H29ClN7O3P. The van der Waals surface area contributed by atoms with E-state index in [-0.39, 0.29) is 0 Å². The number of halogens is 1. The van der Waals surface area contributed by atoms with Crippen LogP contribution in [0.25, 0.3) is 11.1 Å². The number of para-hydroxylation sites is 1. The van der Waals surface area contributed by atoms with Gasteiger partial charge in [-0.05, 0) is 31.5 Å². The molecule has 0 amide bonds. The fourth-order valence-corrected chi connectivity index (χ4v) is 5.64. The van der Waals surface area contributed by atoms with Gasteiger partial charge < -0.3 is 29.6 Å². The first-order valence-corrected chi connectivity index (χ1v) is 15.1. The molecule has 0 spiro atoms. The van der Waals surface area contributed by atoms with Gasteiger partial charge in [-0.25, -0.2) is 4.98 Å². The SMILES string of the molecule is COc1cc(N2CCOCC2)c(-c2cn[nH]c2)cc1Nc1ncc(Cl)c(Nc2ccccc2P(C)(C)=O)n1. The van der Waals surface area contributed by atoms with Crippen molar-refractivity contribution < 1.29 is 14.0 Å². The molecule has 1 saturated heterocycles. The Hall–Kier alpha value is -3.59. The van der Waals surface area contributed by atoms with E-state index in [9.17, 15) is 4.57 Å². The molecule has 5 rings (SSSR count). The molecule has 2 aromatic carbocycles. The number of hydrogen-bond acceptors (Lipinski definition) is 9. The number of nitrogens with one attached hydrogen (secondary N) is 3. The van der Waals surface area contributed by atoms with Gasteiger partial charge in [-0.15, -0.1) is 0 Å². The zero-order valence-corrected chi connectivity index (χ0v) is 23.0. The lowest BCUT2D eigenvalue weighted by Crippen LogP contribution is -2.36. The third-order valence-electron chi connectivity index (χ3n) is 6.21. The lowest BCUT2D eigenvalue weighted by Gasteiger charge is -2.31. The van der Waals surface area contributed by atoms with E-state index >= 15 is 0 Å². The average molecular weight is 554 g/mol. The van der Waals surface area contributed by atoms with Crippen LogP contribution in [0.5, 0.6) is 5.75 Å². The van der Waals surface area contributed by atoms with Crippen molar-refractivity contribution in [2.75, 3.05) is 62.3 Å². The highest BCUT2D eigenvalue weighted by Gasteiger charge is 2.21. The van der Waals surface area contributed by atoms with Crippen molar-refractivity contribution >= 4 is 52.9 Å². The molecule has 2 aromatic heterocycles. The molecule has 12 heteroatoms. The molecule has 3 heterocycles. The van der Waals surface area contributed by atoms with Crippen molar-refractivity contribution in [2.24, 2.45) is 0 Å². The van der Waals surface area contributed by atoms with Crippen molar-refractivity contribution in [1.29, 1.82) is 0 Å². The molecule has 1 fully saturated rings. The van der Waals surface area contributed by atoms with E-state index in [4.69, 9.17) is 21.1 Å². The van der Waals surface area contributed by atoms with Crippen LogP contribution in [0.3, 0.4) is 0 Å². The van der Waals surface area contributed by atoms with Crippen LogP contribution in [-0.4, -0.2) is 66.9 Å². The van der Waals surface area contributed by atoms with Gasteiger partial charge in [-0.1, -0.05) is 23.7 Å². The number of nitrogens with zero attached hydrogens (tertiary/aromatic N) is 4. The summed E-state index contributed by atoms with van der Waals surface area (Å²) in [6.07, 6.45) is 5.16. The van der Waals surface area contributed by atoms with Crippen molar-refractivity contribution in [3.8, 4) is 16.9 Å². The minimum atomic E-state index is -2.53. The summed E-state index contributed by atoms with van der Waals surface area (Å²) in [5, 5.41) is 14.6. The van der Waals surface area contributed by atoms with E-state index in [1.807, 2.05) is 42.6 Å². The Morgan fingerprint density at radius 1 is 1.11 bits per heavy atom. The number of aromatic amines is 1. The van der Waals surface area contributed by atoms with E-state index in [0.29, 0.717) is 52.4 Å². The summed E-state index contributed by atoms with van der Waals surface area (Å²) < 4.78 is 24.1. The summed E-state index contributed by atoms with van der Waals surface area (Å²) in [6, 6.07) is 11.4. The van der Waals surface area contributed by atoms with E-state index < -0.39 is 7.14 Å². The fourth-order valence-electron chi connectivity index (χ4n) is 4.34. The minimum absolute atomic E-state index is 0.320. The van der Waals surface area contributed by atoms with Gasteiger partial charge in [-0.3, -0.25) is 5.10 Å². The summed E-state index contributed by atoms with van der Waals surface area (Å²) in [5.41, 5.74) is 4.31. The van der Waals surface area contributed by atoms with Crippen LogP contribution in [0.15, 0.2) is 55.0 Å². The molecule has 0 radical (unpaired) electrons. The summed E-state index contributed by atoms with van der Waals surface area (Å²) >= 11 is 6.44. The van der Waals surface area contributed by atoms with Crippen LogP contribution in [0, 0.1) is 0 Å². The van der Waals surface area contributed by atoms with Crippen LogP contribution in [-0.2, 0) is 9.30 Å². The Morgan fingerprint density at radius 2 is 1.89 bits per heavy atom. The molecule has 0 saturated carbocycles. The number of aromatic nitrogens is 4. The minimum Gasteiger partial charge on any atom is -0.494 e. The lowest BCUT2D eigenvalue weighted by atomic mass is 10.0.